The maximum absolute atomic E-state index is 12.1. The van der Waals surface area contributed by atoms with Gasteiger partial charge in [0.1, 0.15) is 0 Å². The number of nitrogens with one attached hydrogen (secondary N) is 1. The molecule has 0 aliphatic carbocycles. The minimum Gasteiger partial charge on any atom is -0.478 e. The van der Waals surface area contributed by atoms with Crippen LogP contribution in [0.25, 0.3) is 11.0 Å². The smallest absolute Gasteiger partial charge is 0.335 e. The molecule has 0 amide bonds. The normalized spacial score (nSPS) is 18.5. The number of aromatic amines is 1. The van der Waals surface area contributed by atoms with Crippen molar-refractivity contribution in [2.24, 2.45) is 0 Å². The first-order valence-corrected chi connectivity index (χ1v) is 7.33. The van der Waals surface area contributed by atoms with E-state index in [0.717, 1.165) is 17.9 Å². The number of carbonyl (C=O) groups is 1. The number of thioether (sulfide) groups is 1. The van der Waals surface area contributed by atoms with Gasteiger partial charge in [-0.25, -0.2) is 4.79 Å². The molecule has 1 fully saturated rings. The van der Waals surface area contributed by atoms with Crippen molar-refractivity contribution in [3.8, 4) is 0 Å². The van der Waals surface area contributed by atoms with Gasteiger partial charge in [-0.2, -0.15) is 11.8 Å². The minimum atomic E-state index is -1.06. The number of nitrogens with zero attached hydrogens (tertiary/aromatic N) is 1. The minimum absolute atomic E-state index is 0.0543. The number of carboxylic acids is 1. The summed E-state index contributed by atoms with van der Waals surface area (Å²) >= 11 is 1.72. The molecular weight excluding hydrogens is 280 g/mol. The standard InChI is InChI=1S/C13H12N2O4S/c16-11-12(17)15(8-3-4-20-6-8)10-5-7(13(18)19)1-2-9(10)14-11/h1-2,5,8H,3-4,6H2,(H,14,16)(H,18,19). The average Bonchev–Trinajstić information content (AvgIpc) is 2.93. The number of aromatic nitrogens is 2. The molecule has 1 aliphatic rings. The molecule has 104 valence electrons. The van der Waals surface area contributed by atoms with Gasteiger partial charge >= 0.3 is 17.1 Å². The van der Waals surface area contributed by atoms with E-state index in [4.69, 9.17) is 5.11 Å². The molecule has 1 atom stereocenters. The Hall–Kier alpha value is -2.02. The van der Waals surface area contributed by atoms with Crippen LogP contribution in [0.4, 0.5) is 0 Å². The van der Waals surface area contributed by atoms with Gasteiger partial charge in [0.2, 0.25) is 0 Å². The molecule has 1 aromatic carbocycles. The van der Waals surface area contributed by atoms with E-state index >= 15 is 0 Å². The number of fused-ring (bicyclic) bond motifs is 1. The first-order chi connectivity index (χ1) is 9.58. The predicted octanol–water partition coefficient (Wildman–Crippen LogP) is 1.07. The van der Waals surface area contributed by atoms with E-state index in [1.165, 1.54) is 22.8 Å². The van der Waals surface area contributed by atoms with E-state index < -0.39 is 17.1 Å². The molecule has 1 saturated heterocycles. The zero-order chi connectivity index (χ0) is 14.3. The van der Waals surface area contributed by atoms with Gasteiger partial charge in [0.05, 0.1) is 16.6 Å². The highest BCUT2D eigenvalue weighted by molar-refractivity contribution is 7.99. The fourth-order valence-electron chi connectivity index (χ4n) is 2.45. The quantitative estimate of drug-likeness (QED) is 0.808. The van der Waals surface area contributed by atoms with Crippen molar-refractivity contribution in [2.75, 3.05) is 11.5 Å². The van der Waals surface area contributed by atoms with Crippen molar-refractivity contribution in [1.82, 2.24) is 9.55 Å². The molecule has 7 heteroatoms. The van der Waals surface area contributed by atoms with Gasteiger partial charge in [-0.15, -0.1) is 0 Å². The highest BCUT2D eigenvalue weighted by atomic mass is 32.2. The maximum Gasteiger partial charge on any atom is 0.335 e. The topological polar surface area (TPSA) is 92.2 Å². The summed E-state index contributed by atoms with van der Waals surface area (Å²) in [6.07, 6.45) is 0.806. The largest absolute Gasteiger partial charge is 0.478 e. The zero-order valence-corrected chi connectivity index (χ0v) is 11.3. The number of benzene rings is 1. The Bertz CT molecular complexity index is 802. The van der Waals surface area contributed by atoms with E-state index in [1.807, 2.05) is 0 Å². The van der Waals surface area contributed by atoms with Gasteiger partial charge in [-0.1, -0.05) is 0 Å². The molecule has 6 nitrogen and oxygen atoms in total. The first kappa shape index (κ1) is 13.0. The van der Waals surface area contributed by atoms with Crippen LogP contribution in [0.2, 0.25) is 0 Å². The maximum atomic E-state index is 12.1. The summed E-state index contributed by atoms with van der Waals surface area (Å²) < 4.78 is 1.45. The highest BCUT2D eigenvalue weighted by Crippen LogP contribution is 2.28. The number of carboxylic acid groups (broad SMARTS) is 1. The van der Waals surface area contributed by atoms with Crippen LogP contribution in [0, 0.1) is 0 Å². The third-order valence-corrected chi connectivity index (χ3v) is 4.58. The Kier molecular flexibility index (Phi) is 3.13. The Morgan fingerprint density at radius 1 is 1.40 bits per heavy atom. The first-order valence-electron chi connectivity index (χ1n) is 6.17. The predicted molar refractivity (Wildman–Crippen MR) is 76.8 cm³/mol. The molecule has 0 spiro atoms. The monoisotopic (exact) mass is 292 g/mol. The number of H-pyrrole nitrogens is 1. The molecular formula is C13H12N2O4S. The highest BCUT2D eigenvalue weighted by Gasteiger charge is 2.22. The average molecular weight is 292 g/mol. The van der Waals surface area contributed by atoms with Gasteiger partial charge in [0.25, 0.3) is 0 Å². The van der Waals surface area contributed by atoms with Crippen molar-refractivity contribution in [2.45, 2.75) is 12.5 Å². The molecule has 0 saturated carbocycles. The van der Waals surface area contributed by atoms with Crippen LogP contribution >= 0.6 is 11.8 Å². The van der Waals surface area contributed by atoms with Crippen molar-refractivity contribution >= 4 is 28.8 Å². The van der Waals surface area contributed by atoms with Gasteiger partial charge in [0.15, 0.2) is 0 Å². The van der Waals surface area contributed by atoms with Crippen molar-refractivity contribution in [3.05, 3.63) is 44.5 Å². The molecule has 0 bridgehead atoms. The van der Waals surface area contributed by atoms with Gasteiger partial charge in [-0.3, -0.25) is 14.2 Å². The van der Waals surface area contributed by atoms with Crippen LogP contribution < -0.4 is 11.1 Å². The summed E-state index contributed by atoms with van der Waals surface area (Å²) in [6, 6.07) is 4.33. The van der Waals surface area contributed by atoms with E-state index in [9.17, 15) is 14.4 Å². The third kappa shape index (κ3) is 2.03. The van der Waals surface area contributed by atoms with Crippen LogP contribution in [-0.4, -0.2) is 32.1 Å². The molecule has 20 heavy (non-hydrogen) atoms. The lowest BCUT2D eigenvalue weighted by atomic mass is 10.1. The summed E-state index contributed by atoms with van der Waals surface area (Å²) in [5, 5.41) is 9.06. The lowest BCUT2D eigenvalue weighted by Crippen LogP contribution is -2.38. The summed E-state index contributed by atoms with van der Waals surface area (Å²) in [5.74, 6) is 0.637. The summed E-state index contributed by atoms with van der Waals surface area (Å²) in [7, 11) is 0. The Morgan fingerprint density at radius 2 is 2.20 bits per heavy atom. The molecule has 2 heterocycles. The van der Waals surface area contributed by atoms with Crippen LogP contribution in [-0.2, 0) is 0 Å². The molecule has 0 radical (unpaired) electrons. The lowest BCUT2D eigenvalue weighted by molar-refractivity contribution is 0.0697. The van der Waals surface area contributed by atoms with E-state index in [1.54, 1.807) is 11.8 Å². The molecule has 1 aliphatic heterocycles. The fraction of sp³-hybridized carbons (Fsp3) is 0.308. The molecule has 2 aromatic rings. The van der Waals surface area contributed by atoms with Crippen LogP contribution in [0.3, 0.4) is 0 Å². The number of hydrogen-bond donors (Lipinski definition) is 2. The number of hydrogen-bond acceptors (Lipinski definition) is 4. The van der Waals surface area contributed by atoms with Crippen molar-refractivity contribution < 1.29 is 9.90 Å². The van der Waals surface area contributed by atoms with Crippen molar-refractivity contribution in [1.29, 1.82) is 0 Å². The third-order valence-electron chi connectivity index (χ3n) is 3.44. The Morgan fingerprint density at radius 3 is 2.85 bits per heavy atom. The summed E-state index contributed by atoms with van der Waals surface area (Å²) in [5.41, 5.74) is -0.230. The second-order valence-corrected chi connectivity index (χ2v) is 5.83. The molecule has 1 unspecified atom stereocenters. The molecule has 2 N–H and O–H groups in total. The van der Waals surface area contributed by atoms with Crippen molar-refractivity contribution in [3.63, 3.8) is 0 Å². The second-order valence-electron chi connectivity index (χ2n) is 4.68. The number of aromatic carboxylic acids is 1. The van der Waals surface area contributed by atoms with E-state index in [-0.39, 0.29) is 11.6 Å². The van der Waals surface area contributed by atoms with Crippen LogP contribution in [0.15, 0.2) is 27.8 Å². The van der Waals surface area contributed by atoms with E-state index in [2.05, 4.69) is 4.98 Å². The number of rotatable bonds is 2. The van der Waals surface area contributed by atoms with Gasteiger partial charge in [-0.05, 0) is 30.4 Å². The van der Waals surface area contributed by atoms with E-state index in [0.29, 0.717) is 11.0 Å². The van der Waals surface area contributed by atoms with Crippen LogP contribution in [0.5, 0.6) is 0 Å². The van der Waals surface area contributed by atoms with Gasteiger partial charge in [0, 0.05) is 11.8 Å². The summed E-state index contributed by atoms with van der Waals surface area (Å²) in [4.78, 5) is 37.4. The molecule has 1 aromatic heterocycles. The summed E-state index contributed by atoms with van der Waals surface area (Å²) in [6.45, 7) is 0. The zero-order valence-electron chi connectivity index (χ0n) is 10.5. The van der Waals surface area contributed by atoms with Gasteiger partial charge < -0.3 is 10.1 Å². The SMILES string of the molecule is O=C(O)c1ccc2[nH]c(=O)c(=O)n(C3CCSC3)c2c1. The fourth-order valence-corrected chi connectivity index (χ4v) is 3.65. The molecule has 3 rings (SSSR count). The Labute approximate surface area is 117 Å². The lowest BCUT2D eigenvalue weighted by Gasteiger charge is -2.15. The Balaban J connectivity index is 2.35. The second kappa shape index (κ2) is 4.82. The van der Waals surface area contributed by atoms with Crippen LogP contribution in [0.1, 0.15) is 22.8 Å².